The first-order chi connectivity index (χ1) is 13.3. The monoisotopic (exact) mass is 426 g/mol. The average Bonchev–Trinajstić information content (AvgIpc) is 2.70. The van der Waals surface area contributed by atoms with Crippen molar-refractivity contribution in [2.75, 3.05) is 33.3 Å². The predicted molar refractivity (Wildman–Crippen MR) is 103 cm³/mol. The van der Waals surface area contributed by atoms with E-state index in [9.17, 15) is 17.6 Å². The fourth-order valence-corrected chi connectivity index (χ4v) is 4.69. The van der Waals surface area contributed by atoms with Crippen molar-refractivity contribution in [3.05, 3.63) is 58.9 Å². The van der Waals surface area contributed by atoms with Gasteiger partial charge in [-0.1, -0.05) is 23.7 Å². The van der Waals surface area contributed by atoms with Gasteiger partial charge in [0.2, 0.25) is 15.9 Å². The maximum absolute atomic E-state index is 13.3. The van der Waals surface area contributed by atoms with Crippen LogP contribution < -0.4 is 4.74 Å². The Morgan fingerprint density at radius 3 is 2.32 bits per heavy atom. The van der Waals surface area contributed by atoms with Crippen molar-refractivity contribution < 1.29 is 22.3 Å². The molecular weight excluding hydrogens is 407 g/mol. The first kappa shape index (κ1) is 20.6. The Morgan fingerprint density at radius 1 is 1.11 bits per heavy atom. The average molecular weight is 427 g/mol. The number of carbonyl (C=O) groups is 1. The Labute approximate surface area is 168 Å². The molecule has 0 aromatic heterocycles. The van der Waals surface area contributed by atoms with E-state index in [1.807, 2.05) is 12.1 Å². The zero-order valence-corrected chi connectivity index (χ0v) is 16.8. The van der Waals surface area contributed by atoms with E-state index in [-0.39, 0.29) is 35.3 Å². The Hall–Kier alpha value is -2.16. The zero-order valence-electron chi connectivity index (χ0n) is 15.3. The van der Waals surface area contributed by atoms with E-state index in [4.69, 9.17) is 16.3 Å². The van der Waals surface area contributed by atoms with Gasteiger partial charge in [0.15, 0.2) is 0 Å². The van der Waals surface area contributed by atoms with Crippen LogP contribution in [0.5, 0.6) is 5.75 Å². The second-order valence-electron chi connectivity index (χ2n) is 6.39. The molecule has 2 aromatic rings. The summed E-state index contributed by atoms with van der Waals surface area (Å²) in [5.41, 5.74) is 0.863. The highest BCUT2D eigenvalue weighted by Crippen LogP contribution is 2.23. The normalized spacial score (nSPS) is 15.5. The van der Waals surface area contributed by atoms with Gasteiger partial charge in [-0.05, 0) is 35.9 Å². The quantitative estimate of drug-likeness (QED) is 0.737. The molecular formula is C19H20ClFN2O4S. The van der Waals surface area contributed by atoms with Crippen molar-refractivity contribution in [2.24, 2.45) is 0 Å². The number of piperazine rings is 1. The summed E-state index contributed by atoms with van der Waals surface area (Å²) in [6.07, 6.45) is 0.240. The summed E-state index contributed by atoms with van der Waals surface area (Å²) in [6.45, 7) is 0.934. The lowest BCUT2D eigenvalue weighted by Crippen LogP contribution is -2.50. The highest BCUT2D eigenvalue weighted by molar-refractivity contribution is 7.89. The molecule has 0 bridgehead atoms. The van der Waals surface area contributed by atoms with E-state index in [1.165, 1.54) is 10.4 Å². The molecule has 1 aliphatic heterocycles. The van der Waals surface area contributed by atoms with Gasteiger partial charge in [-0.3, -0.25) is 4.79 Å². The maximum atomic E-state index is 13.3. The number of amides is 1. The summed E-state index contributed by atoms with van der Waals surface area (Å²) >= 11 is 5.70. The van der Waals surface area contributed by atoms with Gasteiger partial charge in [-0.15, -0.1) is 0 Å². The third kappa shape index (κ3) is 4.45. The summed E-state index contributed by atoms with van der Waals surface area (Å²) in [7, 11) is -2.21. The zero-order chi connectivity index (χ0) is 20.3. The van der Waals surface area contributed by atoms with Gasteiger partial charge in [0, 0.05) is 26.2 Å². The van der Waals surface area contributed by atoms with Gasteiger partial charge in [0.25, 0.3) is 0 Å². The lowest BCUT2D eigenvalue weighted by atomic mass is 10.1. The number of benzene rings is 2. The molecule has 150 valence electrons. The molecule has 1 heterocycles. The van der Waals surface area contributed by atoms with Crippen LogP contribution in [-0.2, 0) is 21.2 Å². The van der Waals surface area contributed by atoms with Gasteiger partial charge in [0.05, 0.1) is 23.4 Å². The van der Waals surface area contributed by atoms with E-state index >= 15 is 0 Å². The molecule has 2 aromatic carbocycles. The fraction of sp³-hybridized carbons (Fsp3) is 0.316. The molecule has 1 fully saturated rings. The van der Waals surface area contributed by atoms with Crippen molar-refractivity contribution in [3.8, 4) is 5.75 Å². The topological polar surface area (TPSA) is 66.9 Å². The van der Waals surface area contributed by atoms with Crippen molar-refractivity contribution in [1.82, 2.24) is 9.21 Å². The van der Waals surface area contributed by atoms with Gasteiger partial charge < -0.3 is 9.64 Å². The number of carbonyl (C=O) groups excluding carboxylic acids is 1. The van der Waals surface area contributed by atoms with Crippen LogP contribution in [0.15, 0.2) is 47.4 Å². The lowest BCUT2D eigenvalue weighted by Gasteiger charge is -2.34. The van der Waals surface area contributed by atoms with Crippen LogP contribution in [0.25, 0.3) is 0 Å². The van der Waals surface area contributed by atoms with E-state index in [0.29, 0.717) is 13.1 Å². The highest BCUT2D eigenvalue weighted by atomic mass is 35.5. The summed E-state index contributed by atoms with van der Waals surface area (Å²) in [5.74, 6) is -0.0162. The fourth-order valence-electron chi connectivity index (χ4n) is 2.99. The predicted octanol–water partition coefficient (Wildman–Crippen LogP) is 2.56. The van der Waals surface area contributed by atoms with Crippen LogP contribution in [0.3, 0.4) is 0 Å². The third-order valence-corrected chi connectivity index (χ3v) is 6.82. The minimum atomic E-state index is -3.79. The van der Waals surface area contributed by atoms with E-state index < -0.39 is 15.8 Å². The van der Waals surface area contributed by atoms with Crippen molar-refractivity contribution >= 4 is 27.5 Å². The van der Waals surface area contributed by atoms with E-state index in [2.05, 4.69) is 0 Å². The molecule has 0 aliphatic carbocycles. The molecule has 1 aliphatic rings. The standard InChI is InChI=1S/C19H20ClFN2O4S/c1-27-15-4-2-14(3-5-15)12-19(24)22-8-10-23(11-9-22)28(25,26)16-6-7-18(21)17(20)13-16/h2-7,13H,8-12H2,1H3. The number of halogens is 2. The van der Waals surface area contributed by atoms with Crippen LogP contribution >= 0.6 is 11.6 Å². The van der Waals surface area contributed by atoms with E-state index in [1.54, 1.807) is 24.1 Å². The molecule has 0 spiro atoms. The van der Waals surface area contributed by atoms with Gasteiger partial charge >= 0.3 is 0 Å². The molecule has 0 atom stereocenters. The summed E-state index contributed by atoms with van der Waals surface area (Å²) in [5, 5.41) is -0.241. The number of hydrogen-bond donors (Lipinski definition) is 0. The lowest BCUT2D eigenvalue weighted by molar-refractivity contribution is -0.131. The first-order valence-electron chi connectivity index (χ1n) is 8.67. The Balaban J connectivity index is 1.61. The van der Waals surface area contributed by atoms with Crippen LogP contribution in [0.4, 0.5) is 4.39 Å². The molecule has 28 heavy (non-hydrogen) atoms. The largest absolute Gasteiger partial charge is 0.497 e. The number of ether oxygens (including phenoxy) is 1. The van der Waals surface area contributed by atoms with Crippen LogP contribution in [-0.4, -0.2) is 56.8 Å². The van der Waals surface area contributed by atoms with Crippen molar-refractivity contribution in [1.29, 1.82) is 0 Å². The summed E-state index contributed by atoms with van der Waals surface area (Å²) in [4.78, 5) is 14.1. The van der Waals surface area contributed by atoms with Crippen LogP contribution in [0.1, 0.15) is 5.56 Å². The van der Waals surface area contributed by atoms with Gasteiger partial charge in [-0.2, -0.15) is 4.31 Å². The van der Waals surface area contributed by atoms with E-state index in [0.717, 1.165) is 23.4 Å². The minimum absolute atomic E-state index is 0.0584. The second-order valence-corrected chi connectivity index (χ2v) is 8.73. The number of hydrogen-bond acceptors (Lipinski definition) is 4. The molecule has 0 N–H and O–H groups in total. The smallest absolute Gasteiger partial charge is 0.243 e. The minimum Gasteiger partial charge on any atom is -0.497 e. The Morgan fingerprint density at radius 2 is 1.75 bits per heavy atom. The number of sulfonamides is 1. The highest BCUT2D eigenvalue weighted by Gasteiger charge is 2.30. The molecule has 0 unspecified atom stereocenters. The SMILES string of the molecule is COc1ccc(CC(=O)N2CCN(S(=O)(=O)c3ccc(F)c(Cl)c3)CC2)cc1. The molecule has 1 amide bonds. The molecule has 3 rings (SSSR count). The molecule has 0 radical (unpaired) electrons. The molecule has 9 heteroatoms. The maximum Gasteiger partial charge on any atom is 0.243 e. The Kier molecular flexibility index (Phi) is 6.22. The third-order valence-electron chi connectivity index (χ3n) is 4.63. The number of nitrogens with zero attached hydrogens (tertiary/aromatic N) is 2. The molecule has 1 saturated heterocycles. The molecule has 0 saturated carbocycles. The van der Waals surface area contributed by atoms with Crippen LogP contribution in [0.2, 0.25) is 5.02 Å². The Bertz CT molecular complexity index is 958. The first-order valence-corrected chi connectivity index (χ1v) is 10.5. The summed E-state index contributed by atoms with van der Waals surface area (Å²) in [6, 6.07) is 10.6. The van der Waals surface area contributed by atoms with Gasteiger partial charge in [-0.25, -0.2) is 12.8 Å². The second kappa shape index (κ2) is 8.46. The van der Waals surface area contributed by atoms with Crippen molar-refractivity contribution in [3.63, 3.8) is 0 Å². The number of rotatable bonds is 5. The van der Waals surface area contributed by atoms with Crippen molar-refractivity contribution in [2.45, 2.75) is 11.3 Å². The summed E-state index contributed by atoms with van der Waals surface area (Å²) < 4.78 is 45.1. The number of methoxy groups -OCH3 is 1. The molecule has 6 nitrogen and oxygen atoms in total. The van der Waals surface area contributed by atoms with Gasteiger partial charge in [0.1, 0.15) is 11.6 Å². The van der Waals surface area contributed by atoms with Crippen LogP contribution in [0, 0.1) is 5.82 Å².